The van der Waals surface area contributed by atoms with Gasteiger partial charge in [0, 0.05) is 31.8 Å². The number of benzene rings is 2. The van der Waals surface area contributed by atoms with E-state index in [1.54, 1.807) is 49.6 Å². The highest BCUT2D eigenvalue weighted by molar-refractivity contribution is 7.89. The smallest absolute Gasteiger partial charge is 0.265 e. The van der Waals surface area contributed by atoms with Crippen LogP contribution in [0.3, 0.4) is 0 Å². The lowest BCUT2D eigenvalue weighted by Gasteiger charge is -2.28. The number of carbonyl (C=O) groups is 2. The highest BCUT2D eigenvalue weighted by Gasteiger charge is 2.32. The van der Waals surface area contributed by atoms with Gasteiger partial charge in [-0.2, -0.15) is 4.31 Å². The van der Waals surface area contributed by atoms with Gasteiger partial charge in [-0.05, 0) is 42.8 Å². The highest BCUT2D eigenvalue weighted by atomic mass is 32.2. The summed E-state index contributed by atoms with van der Waals surface area (Å²) in [5.41, 5.74) is 0.649. The number of hydrazine groups is 1. The summed E-state index contributed by atoms with van der Waals surface area (Å²) in [6.45, 7) is 0.313. The Kier molecular flexibility index (Phi) is 7.72. The fourth-order valence-electron chi connectivity index (χ4n) is 3.45. The minimum Gasteiger partial charge on any atom is -0.497 e. The van der Waals surface area contributed by atoms with Crippen molar-refractivity contribution >= 4 is 27.9 Å². The minimum absolute atomic E-state index is 0.102. The van der Waals surface area contributed by atoms with Gasteiger partial charge in [-0.25, -0.2) is 13.4 Å². The lowest BCUT2D eigenvalue weighted by Crippen LogP contribution is -2.48. The molecule has 1 aliphatic heterocycles. The first-order valence-electron chi connectivity index (χ1n) is 10.3. The molecule has 1 saturated heterocycles. The molecule has 0 unspecified atom stereocenters. The second kappa shape index (κ2) is 10.5. The zero-order chi connectivity index (χ0) is 24.0. The van der Waals surface area contributed by atoms with E-state index in [1.807, 2.05) is 0 Å². The monoisotopic (exact) mass is 473 g/mol. The van der Waals surface area contributed by atoms with Crippen LogP contribution in [0.4, 0.5) is 0 Å². The Morgan fingerprint density at radius 3 is 2.39 bits per heavy atom. The van der Waals surface area contributed by atoms with E-state index in [0.717, 1.165) is 4.31 Å². The molecule has 1 heterocycles. The average Bonchev–Trinajstić information content (AvgIpc) is 3.33. The summed E-state index contributed by atoms with van der Waals surface area (Å²) < 4.78 is 36.9. The number of ether oxygens (including phenoxy) is 2. The maximum absolute atomic E-state index is 12.9. The summed E-state index contributed by atoms with van der Waals surface area (Å²) in [7, 11) is 0.600. The van der Waals surface area contributed by atoms with E-state index in [-0.39, 0.29) is 17.3 Å². The number of likely N-dealkylation sites (N-methyl/N-ethyl adjacent to an activating group) is 1. The van der Waals surface area contributed by atoms with E-state index >= 15 is 0 Å². The Hall–Kier alpha value is -3.37. The number of sulfonamides is 1. The van der Waals surface area contributed by atoms with E-state index in [1.165, 1.54) is 42.4 Å². The molecule has 2 aromatic rings. The lowest BCUT2D eigenvalue weighted by molar-refractivity contribution is -0.154. The number of nitrogens with zero attached hydrogens (tertiary/aromatic N) is 3. The summed E-state index contributed by atoms with van der Waals surface area (Å²) in [4.78, 5) is 25.8. The van der Waals surface area contributed by atoms with Crippen LogP contribution < -0.4 is 9.47 Å². The molecule has 0 atom stereocenters. The number of rotatable bonds is 8. The minimum atomic E-state index is -3.82. The molecule has 3 rings (SSSR count). The topological polar surface area (TPSA) is 96.5 Å². The Bertz CT molecular complexity index is 1130. The fraction of sp³-hybridized carbons (Fsp3) is 0.304. The van der Waals surface area contributed by atoms with Crippen molar-refractivity contribution in [3.8, 4) is 11.5 Å². The van der Waals surface area contributed by atoms with Crippen LogP contribution in [0, 0.1) is 0 Å². The van der Waals surface area contributed by atoms with Crippen molar-refractivity contribution in [2.24, 2.45) is 0 Å². The van der Waals surface area contributed by atoms with Crippen molar-refractivity contribution in [1.29, 1.82) is 0 Å². The van der Waals surface area contributed by atoms with Gasteiger partial charge in [0.15, 0.2) is 0 Å². The van der Waals surface area contributed by atoms with Gasteiger partial charge in [0.2, 0.25) is 10.0 Å². The van der Waals surface area contributed by atoms with Gasteiger partial charge < -0.3 is 9.47 Å². The van der Waals surface area contributed by atoms with Crippen LogP contribution in [0.25, 0.3) is 6.08 Å². The molecule has 0 saturated carbocycles. The Labute approximate surface area is 193 Å². The first-order valence-corrected chi connectivity index (χ1v) is 11.7. The summed E-state index contributed by atoms with van der Waals surface area (Å²) >= 11 is 0. The van der Waals surface area contributed by atoms with Crippen LogP contribution in [0.2, 0.25) is 0 Å². The molecular weight excluding hydrogens is 446 g/mol. The third kappa shape index (κ3) is 5.52. The first-order chi connectivity index (χ1) is 15.8. The summed E-state index contributed by atoms with van der Waals surface area (Å²) in [6, 6.07) is 13.1. The standard InChI is InChI=1S/C23H27N3O6S/c1-24(33(29,30)20-8-5-4-6-9-20)17-23(28)26-15-7-14-25(26)22(27)13-10-18-16-19(31-2)11-12-21(18)32-3/h4-6,8-13,16H,7,14-15,17H2,1-3H3. The van der Waals surface area contributed by atoms with Crippen molar-refractivity contribution in [1.82, 2.24) is 14.3 Å². The van der Waals surface area contributed by atoms with Crippen molar-refractivity contribution in [3.05, 3.63) is 60.2 Å². The number of hydrogen-bond donors (Lipinski definition) is 0. The largest absolute Gasteiger partial charge is 0.497 e. The van der Waals surface area contributed by atoms with Crippen molar-refractivity contribution < 1.29 is 27.5 Å². The van der Waals surface area contributed by atoms with E-state index in [2.05, 4.69) is 0 Å². The Morgan fingerprint density at radius 2 is 1.73 bits per heavy atom. The van der Waals surface area contributed by atoms with Crippen LogP contribution in [0.15, 0.2) is 59.5 Å². The second-order valence-corrected chi connectivity index (χ2v) is 9.39. The molecule has 33 heavy (non-hydrogen) atoms. The predicted octanol–water partition coefficient (Wildman–Crippen LogP) is 2.01. The molecule has 1 aliphatic rings. The lowest BCUT2D eigenvalue weighted by atomic mass is 10.1. The maximum Gasteiger partial charge on any atom is 0.265 e. The predicted molar refractivity (Wildman–Crippen MR) is 123 cm³/mol. The van der Waals surface area contributed by atoms with Crippen molar-refractivity contribution in [2.45, 2.75) is 11.3 Å². The summed E-state index contributed by atoms with van der Waals surface area (Å²) in [5, 5.41) is 2.63. The number of carbonyl (C=O) groups excluding carboxylic acids is 2. The molecule has 0 aliphatic carbocycles. The molecular formula is C23H27N3O6S. The number of methoxy groups -OCH3 is 2. The zero-order valence-corrected chi connectivity index (χ0v) is 19.6. The normalized spacial score (nSPS) is 14.2. The Morgan fingerprint density at radius 1 is 1.03 bits per heavy atom. The molecule has 176 valence electrons. The molecule has 0 aromatic heterocycles. The molecule has 0 radical (unpaired) electrons. The van der Waals surface area contributed by atoms with Gasteiger partial charge >= 0.3 is 0 Å². The molecule has 0 bridgehead atoms. The van der Waals surface area contributed by atoms with Crippen LogP contribution >= 0.6 is 0 Å². The quantitative estimate of drug-likeness (QED) is 0.544. The molecule has 0 N–H and O–H groups in total. The summed E-state index contributed by atoms with van der Waals surface area (Å²) in [5.74, 6) is 0.319. The zero-order valence-electron chi connectivity index (χ0n) is 18.8. The molecule has 2 amide bonds. The number of amides is 2. The first kappa shape index (κ1) is 24.3. The molecule has 10 heteroatoms. The molecule has 9 nitrogen and oxygen atoms in total. The van der Waals surface area contributed by atoms with E-state index in [9.17, 15) is 18.0 Å². The summed E-state index contributed by atoms with van der Waals surface area (Å²) in [6.07, 6.45) is 3.55. The van der Waals surface area contributed by atoms with Crippen molar-refractivity contribution in [3.63, 3.8) is 0 Å². The highest BCUT2D eigenvalue weighted by Crippen LogP contribution is 2.25. The van der Waals surface area contributed by atoms with E-state index in [0.29, 0.717) is 36.6 Å². The Balaban J connectivity index is 1.71. The van der Waals surface area contributed by atoms with Gasteiger partial charge in [-0.3, -0.25) is 14.6 Å². The third-order valence-electron chi connectivity index (χ3n) is 5.23. The van der Waals surface area contributed by atoms with Gasteiger partial charge in [0.25, 0.3) is 11.8 Å². The number of hydrogen-bond acceptors (Lipinski definition) is 6. The van der Waals surface area contributed by atoms with Gasteiger partial charge in [-0.1, -0.05) is 18.2 Å². The van der Waals surface area contributed by atoms with Gasteiger partial charge in [0.1, 0.15) is 11.5 Å². The van der Waals surface area contributed by atoms with Crippen LogP contribution in [-0.2, 0) is 19.6 Å². The van der Waals surface area contributed by atoms with Crippen LogP contribution in [-0.4, -0.2) is 75.5 Å². The molecule has 0 spiro atoms. The van der Waals surface area contributed by atoms with Gasteiger partial charge in [-0.15, -0.1) is 0 Å². The maximum atomic E-state index is 12.9. The molecule has 2 aromatic carbocycles. The van der Waals surface area contributed by atoms with E-state index in [4.69, 9.17) is 9.47 Å². The van der Waals surface area contributed by atoms with Crippen molar-refractivity contribution in [2.75, 3.05) is 40.9 Å². The van der Waals surface area contributed by atoms with Gasteiger partial charge in [0.05, 0.1) is 25.7 Å². The fourth-order valence-corrected chi connectivity index (χ4v) is 4.59. The average molecular weight is 474 g/mol. The second-order valence-electron chi connectivity index (χ2n) is 7.35. The van der Waals surface area contributed by atoms with E-state index < -0.39 is 15.9 Å². The van der Waals surface area contributed by atoms with Crippen LogP contribution in [0.1, 0.15) is 12.0 Å². The third-order valence-corrected chi connectivity index (χ3v) is 7.04. The SMILES string of the molecule is COc1ccc(OC)c(C=CC(=O)N2CCCN2C(=O)CN(C)S(=O)(=O)c2ccccc2)c1. The molecule has 1 fully saturated rings. The van der Waals surface area contributed by atoms with Crippen LogP contribution in [0.5, 0.6) is 11.5 Å².